The lowest BCUT2D eigenvalue weighted by atomic mass is 9.97. The van der Waals surface area contributed by atoms with E-state index in [-0.39, 0.29) is 5.91 Å². The van der Waals surface area contributed by atoms with Gasteiger partial charge in [0.1, 0.15) is 0 Å². The second-order valence-electron chi connectivity index (χ2n) is 6.01. The van der Waals surface area contributed by atoms with Crippen LogP contribution in [-0.4, -0.2) is 35.0 Å². The van der Waals surface area contributed by atoms with Crippen LogP contribution in [0.2, 0.25) is 0 Å². The first-order chi connectivity index (χ1) is 9.95. The average molecular weight is 289 g/mol. The summed E-state index contributed by atoms with van der Waals surface area (Å²) < 4.78 is 0. The average Bonchev–Trinajstić information content (AvgIpc) is 2.44. The van der Waals surface area contributed by atoms with E-state index >= 15 is 0 Å². The minimum absolute atomic E-state index is 0.0695. The monoisotopic (exact) mass is 289 g/mol. The SMILES string of the molecule is Cc1cc(C)cc(CCC(=O)N2CCC[C@@H](C(=O)O)C2)c1. The van der Waals surface area contributed by atoms with Gasteiger partial charge in [0.2, 0.25) is 5.91 Å². The van der Waals surface area contributed by atoms with E-state index in [4.69, 9.17) is 5.11 Å². The molecule has 4 nitrogen and oxygen atoms in total. The topological polar surface area (TPSA) is 57.6 Å². The second-order valence-corrected chi connectivity index (χ2v) is 6.01. The zero-order valence-corrected chi connectivity index (χ0v) is 12.8. The molecule has 0 aromatic heterocycles. The fourth-order valence-corrected chi connectivity index (χ4v) is 3.03. The zero-order chi connectivity index (χ0) is 15.4. The van der Waals surface area contributed by atoms with Crippen LogP contribution in [0.5, 0.6) is 0 Å². The molecule has 0 saturated carbocycles. The summed E-state index contributed by atoms with van der Waals surface area (Å²) in [6.07, 6.45) is 2.63. The highest BCUT2D eigenvalue weighted by Crippen LogP contribution is 2.18. The lowest BCUT2D eigenvalue weighted by molar-refractivity contribution is -0.145. The number of rotatable bonds is 4. The second kappa shape index (κ2) is 6.74. The van der Waals surface area contributed by atoms with Gasteiger partial charge in [-0.05, 0) is 38.7 Å². The Morgan fingerprint density at radius 1 is 1.24 bits per heavy atom. The van der Waals surface area contributed by atoms with Crippen LogP contribution in [0.4, 0.5) is 0 Å². The highest BCUT2D eigenvalue weighted by molar-refractivity contribution is 5.78. The summed E-state index contributed by atoms with van der Waals surface area (Å²) in [7, 11) is 0. The number of aliphatic carboxylic acids is 1. The molecule has 1 fully saturated rings. The lowest BCUT2D eigenvalue weighted by Gasteiger charge is -2.30. The fourth-order valence-electron chi connectivity index (χ4n) is 3.03. The third kappa shape index (κ3) is 4.31. The summed E-state index contributed by atoms with van der Waals surface area (Å²) >= 11 is 0. The number of piperidine rings is 1. The highest BCUT2D eigenvalue weighted by atomic mass is 16.4. The minimum atomic E-state index is -0.790. The molecule has 1 aromatic carbocycles. The Balaban J connectivity index is 1.90. The van der Waals surface area contributed by atoms with E-state index in [0.29, 0.717) is 25.9 Å². The van der Waals surface area contributed by atoms with Crippen molar-refractivity contribution in [1.82, 2.24) is 4.90 Å². The number of amides is 1. The number of hydrogen-bond donors (Lipinski definition) is 1. The first kappa shape index (κ1) is 15.5. The van der Waals surface area contributed by atoms with Crippen LogP contribution in [0, 0.1) is 19.8 Å². The van der Waals surface area contributed by atoms with E-state index < -0.39 is 11.9 Å². The molecule has 0 unspecified atom stereocenters. The molecule has 4 heteroatoms. The number of nitrogens with zero attached hydrogens (tertiary/aromatic N) is 1. The Morgan fingerprint density at radius 3 is 2.52 bits per heavy atom. The van der Waals surface area contributed by atoms with Gasteiger partial charge in [-0.3, -0.25) is 9.59 Å². The number of aryl methyl sites for hydroxylation is 3. The third-order valence-electron chi connectivity index (χ3n) is 4.03. The standard InChI is InChI=1S/C17H23NO3/c1-12-8-13(2)10-14(9-12)5-6-16(19)18-7-3-4-15(11-18)17(20)21/h8-10,15H,3-7,11H2,1-2H3,(H,20,21)/t15-/m1/s1. The number of hydrogen-bond acceptors (Lipinski definition) is 2. The van der Waals surface area contributed by atoms with Gasteiger partial charge in [-0.2, -0.15) is 0 Å². The van der Waals surface area contributed by atoms with Gasteiger partial charge < -0.3 is 10.0 Å². The van der Waals surface area contributed by atoms with Crippen molar-refractivity contribution in [2.24, 2.45) is 5.92 Å². The highest BCUT2D eigenvalue weighted by Gasteiger charge is 2.27. The summed E-state index contributed by atoms with van der Waals surface area (Å²) in [5.41, 5.74) is 3.59. The molecule has 1 saturated heterocycles. The fraction of sp³-hybridized carbons (Fsp3) is 0.529. The number of carboxylic acid groups (broad SMARTS) is 1. The molecule has 21 heavy (non-hydrogen) atoms. The summed E-state index contributed by atoms with van der Waals surface area (Å²) in [5.74, 6) is -1.12. The molecule has 0 bridgehead atoms. The number of likely N-dealkylation sites (tertiary alicyclic amines) is 1. The Bertz CT molecular complexity index is 519. The van der Waals surface area contributed by atoms with Crippen molar-refractivity contribution in [1.29, 1.82) is 0 Å². The van der Waals surface area contributed by atoms with Crippen LogP contribution in [0.1, 0.15) is 36.0 Å². The van der Waals surface area contributed by atoms with E-state index in [1.54, 1.807) is 4.90 Å². The number of benzene rings is 1. The third-order valence-corrected chi connectivity index (χ3v) is 4.03. The van der Waals surface area contributed by atoms with E-state index in [9.17, 15) is 9.59 Å². The number of carbonyl (C=O) groups excluding carboxylic acids is 1. The largest absolute Gasteiger partial charge is 0.481 e. The normalized spacial score (nSPS) is 18.6. The van der Waals surface area contributed by atoms with Crippen LogP contribution < -0.4 is 0 Å². The molecule has 1 aliphatic heterocycles. The molecule has 1 N–H and O–H groups in total. The van der Waals surface area contributed by atoms with Gasteiger partial charge in [-0.25, -0.2) is 0 Å². The molecule has 1 atom stereocenters. The maximum atomic E-state index is 12.2. The summed E-state index contributed by atoms with van der Waals surface area (Å²) in [5, 5.41) is 9.07. The Labute approximate surface area is 125 Å². The minimum Gasteiger partial charge on any atom is -0.481 e. The van der Waals surface area contributed by atoms with Gasteiger partial charge in [0.15, 0.2) is 0 Å². The van der Waals surface area contributed by atoms with Crippen LogP contribution in [0.25, 0.3) is 0 Å². The van der Waals surface area contributed by atoms with Gasteiger partial charge in [-0.1, -0.05) is 29.3 Å². The van der Waals surface area contributed by atoms with Gasteiger partial charge in [0, 0.05) is 19.5 Å². The van der Waals surface area contributed by atoms with Gasteiger partial charge in [0.05, 0.1) is 5.92 Å². The van der Waals surface area contributed by atoms with Crippen LogP contribution in [0.15, 0.2) is 18.2 Å². The maximum absolute atomic E-state index is 12.2. The van der Waals surface area contributed by atoms with E-state index in [1.165, 1.54) is 16.7 Å². The van der Waals surface area contributed by atoms with Crippen molar-refractivity contribution in [2.75, 3.05) is 13.1 Å². The predicted octanol–water partition coefficient (Wildman–Crippen LogP) is 2.56. The van der Waals surface area contributed by atoms with Crippen molar-refractivity contribution in [3.8, 4) is 0 Å². The van der Waals surface area contributed by atoms with Crippen molar-refractivity contribution in [3.05, 3.63) is 34.9 Å². The van der Waals surface area contributed by atoms with Crippen molar-refractivity contribution in [3.63, 3.8) is 0 Å². The Kier molecular flexibility index (Phi) is 4.99. The van der Waals surface area contributed by atoms with E-state index in [0.717, 1.165) is 12.8 Å². The zero-order valence-electron chi connectivity index (χ0n) is 12.8. The molecular formula is C17H23NO3. The molecule has 0 aliphatic carbocycles. The van der Waals surface area contributed by atoms with Crippen LogP contribution >= 0.6 is 0 Å². The molecule has 0 radical (unpaired) electrons. The van der Waals surface area contributed by atoms with Crippen LogP contribution in [0.3, 0.4) is 0 Å². The summed E-state index contributed by atoms with van der Waals surface area (Å²) in [6.45, 7) is 5.16. The first-order valence-corrected chi connectivity index (χ1v) is 7.53. The molecule has 0 spiro atoms. The Hall–Kier alpha value is -1.84. The lowest BCUT2D eigenvalue weighted by Crippen LogP contribution is -2.42. The molecular weight excluding hydrogens is 266 g/mol. The predicted molar refractivity (Wildman–Crippen MR) is 81.2 cm³/mol. The molecule has 1 amide bonds. The van der Waals surface area contributed by atoms with Gasteiger partial charge >= 0.3 is 5.97 Å². The summed E-state index contributed by atoms with van der Waals surface area (Å²) in [6, 6.07) is 6.33. The molecule has 2 rings (SSSR count). The van der Waals surface area contributed by atoms with Crippen LogP contribution in [-0.2, 0) is 16.0 Å². The number of carboxylic acids is 1. The van der Waals surface area contributed by atoms with E-state index in [1.807, 2.05) is 0 Å². The quantitative estimate of drug-likeness (QED) is 0.926. The smallest absolute Gasteiger partial charge is 0.308 e. The number of carbonyl (C=O) groups is 2. The van der Waals surface area contributed by atoms with Gasteiger partial charge in [-0.15, -0.1) is 0 Å². The van der Waals surface area contributed by atoms with E-state index in [2.05, 4.69) is 32.0 Å². The molecule has 1 aliphatic rings. The maximum Gasteiger partial charge on any atom is 0.308 e. The van der Waals surface area contributed by atoms with Crippen molar-refractivity contribution < 1.29 is 14.7 Å². The molecule has 1 aromatic rings. The molecule has 114 valence electrons. The summed E-state index contributed by atoms with van der Waals surface area (Å²) in [4.78, 5) is 25.0. The van der Waals surface area contributed by atoms with Crippen molar-refractivity contribution >= 4 is 11.9 Å². The first-order valence-electron chi connectivity index (χ1n) is 7.53. The van der Waals surface area contributed by atoms with Gasteiger partial charge in [0.25, 0.3) is 0 Å². The van der Waals surface area contributed by atoms with Crippen molar-refractivity contribution in [2.45, 2.75) is 39.5 Å². The Morgan fingerprint density at radius 2 is 1.90 bits per heavy atom. The molecule has 1 heterocycles.